The number of carbonyl (C=O) groups excluding carboxylic acids is 3. The highest BCUT2D eigenvalue weighted by Gasteiger charge is 2.68. The third-order valence-electron chi connectivity index (χ3n) is 11.2. The smallest absolute Gasteiger partial charge is 0.479 e. The summed E-state index contributed by atoms with van der Waals surface area (Å²) in [6.07, 6.45) is 4.22. The summed E-state index contributed by atoms with van der Waals surface area (Å²) >= 11 is 0. The fraction of sp³-hybridized carbons (Fsp3) is 0.645. The van der Waals surface area contributed by atoms with Crippen LogP contribution in [0.4, 0.5) is 4.39 Å². The molecule has 42 heavy (non-hydrogen) atoms. The number of ketones is 1. The number of carbonyl (C=O) groups is 3. The molecule has 2 bridgehead atoms. The summed E-state index contributed by atoms with van der Waals surface area (Å²) in [5.74, 6) is -2.55. The van der Waals surface area contributed by atoms with E-state index in [-0.39, 0.29) is 47.8 Å². The first-order valence-corrected chi connectivity index (χ1v) is 14.8. The van der Waals surface area contributed by atoms with Crippen molar-refractivity contribution < 1.29 is 43.0 Å². The van der Waals surface area contributed by atoms with Crippen LogP contribution in [-0.2, 0) is 30.4 Å². The molecule has 1 aliphatic heterocycles. The number of nitrogens with one attached hydrogen (secondary N) is 1. The number of Topliss-reactive ketones (excluding diaryl/α,β-unsaturated/α-hetero) is 1. The van der Waals surface area contributed by atoms with Gasteiger partial charge in [-0.05, 0) is 60.6 Å². The zero-order chi connectivity index (χ0) is 30.6. The second-order valence-electron chi connectivity index (χ2n) is 13.2. The van der Waals surface area contributed by atoms with Gasteiger partial charge in [-0.1, -0.05) is 39.8 Å². The summed E-state index contributed by atoms with van der Waals surface area (Å²) in [6, 6.07) is 2.96. The number of benzene rings is 1. The molecule has 0 aromatic heterocycles. The van der Waals surface area contributed by atoms with Gasteiger partial charge in [0.2, 0.25) is 5.91 Å². The highest BCUT2D eigenvalue weighted by Crippen LogP contribution is 2.68. The Morgan fingerprint density at radius 2 is 2.00 bits per heavy atom. The van der Waals surface area contributed by atoms with Crippen LogP contribution in [0.1, 0.15) is 65.4 Å². The van der Waals surface area contributed by atoms with E-state index in [1.165, 1.54) is 19.2 Å². The Bertz CT molecular complexity index is 1310. The van der Waals surface area contributed by atoms with Crippen molar-refractivity contribution in [2.24, 2.45) is 34.0 Å². The molecule has 3 N–H and O–H groups in total. The third-order valence-corrected chi connectivity index (χ3v) is 11.2. The molecule has 0 saturated heterocycles. The van der Waals surface area contributed by atoms with E-state index < -0.39 is 59.9 Å². The van der Waals surface area contributed by atoms with Gasteiger partial charge in [-0.15, -0.1) is 0 Å². The van der Waals surface area contributed by atoms with E-state index >= 15 is 4.39 Å². The van der Waals surface area contributed by atoms with Gasteiger partial charge in [0.05, 0.1) is 12.7 Å². The molecule has 0 spiro atoms. The Morgan fingerprint density at radius 1 is 1.26 bits per heavy atom. The van der Waals surface area contributed by atoms with Crippen LogP contribution in [0.3, 0.4) is 0 Å². The van der Waals surface area contributed by atoms with Crippen molar-refractivity contribution in [3.05, 3.63) is 35.7 Å². The van der Waals surface area contributed by atoms with E-state index in [1.807, 2.05) is 20.8 Å². The second kappa shape index (κ2) is 11.1. The second-order valence-corrected chi connectivity index (χ2v) is 13.2. The van der Waals surface area contributed by atoms with Crippen LogP contribution in [0.5, 0.6) is 5.75 Å². The molecule has 3 aliphatic carbocycles. The molecule has 0 unspecified atom stereocenters. The third kappa shape index (κ3) is 4.77. The summed E-state index contributed by atoms with van der Waals surface area (Å²) in [7, 11) is 0.117. The predicted octanol–water partition coefficient (Wildman–Crippen LogP) is 2.44. The highest BCUT2D eigenvalue weighted by molar-refractivity contribution is 6.61. The number of hydrogen-bond acceptors (Lipinski definition) is 8. The van der Waals surface area contributed by atoms with E-state index in [1.54, 1.807) is 12.1 Å². The summed E-state index contributed by atoms with van der Waals surface area (Å²) in [4.78, 5) is 39.2. The van der Waals surface area contributed by atoms with Crippen molar-refractivity contribution in [1.29, 1.82) is 0 Å². The molecule has 9 nitrogen and oxygen atoms in total. The van der Waals surface area contributed by atoms with Crippen LogP contribution < -0.4 is 15.5 Å². The largest absolute Gasteiger partial charge is 0.494 e. The van der Waals surface area contributed by atoms with Gasteiger partial charge in [0.25, 0.3) is 0 Å². The molecular formula is C31H41BFNO8. The molecule has 228 valence electrons. The lowest BCUT2D eigenvalue weighted by Crippen LogP contribution is -2.63. The number of halogens is 1. The van der Waals surface area contributed by atoms with Crippen molar-refractivity contribution >= 4 is 30.2 Å². The number of fused-ring (bicyclic) bond motifs is 1. The highest BCUT2D eigenvalue weighted by atomic mass is 19.1. The van der Waals surface area contributed by atoms with Crippen molar-refractivity contribution in [1.82, 2.24) is 5.32 Å². The number of amides is 1. The SMILES string of the molecule is CNC(=O)/C=C/[C@]1(C)C[C@@H](OC(=O)COc2ccc3c(c2F)B(O)OC3)[C@@]2(C)[C@@H]3C(=O)CC[C@@]3(CC[C@@H]2C)[C@@H](C)[C@@H]1O. The van der Waals surface area contributed by atoms with E-state index in [9.17, 15) is 24.5 Å². The Balaban J connectivity index is 1.48. The molecule has 3 saturated carbocycles. The van der Waals surface area contributed by atoms with Crippen LogP contribution in [0.15, 0.2) is 24.3 Å². The Morgan fingerprint density at radius 3 is 2.71 bits per heavy atom. The minimum atomic E-state index is -1.41. The number of rotatable bonds is 6. The molecular weight excluding hydrogens is 544 g/mol. The van der Waals surface area contributed by atoms with Crippen LogP contribution in [0.2, 0.25) is 0 Å². The maximum absolute atomic E-state index is 15.0. The first kappa shape index (κ1) is 30.7. The maximum atomic E-state index is 15.0. The predicted molar refractivity (Wildman–Crippen MR) is 152 cm³/mol. The number of likely N-dealkylation sites (N-methyl/N-ethyl adjacent to an activating group) is 1. The zero-order valence-electron chi connectivity index (χ0n) is 24.9. The molecule has 1 heterocycles. The van der Waals surface area contributed by atoms with Gasteiger partial charge in [0, 0.05) is 35.7 Å². The number of esters is 1. The summed E-state index contributed by atoms with van der Waals surface area (Å²) < 4.78 is 31.8. The quantitative estimate of drug-likeness (QED) is 0.264. The minimum absolute atomic E-state index is 0.0118. The van der Waals surface area contributed by atoms with Crippen LogP contribution in [0.25, 0.3) is 0 Å². The fourth-order valence-corrected chi connectivity index (χ4v) is 8.51. The van der Waals surface area contributed by atoms with Gasteiger partial charge in [-0.2, -0.15) is 0 Å². The van der Waals surface area contributed by atoms with E-state index in [0.29, 0.717) is 18.4 Å². The van der Waals surface area contributed by atoms with Gasteiger partial charge >= 0.3 is 13.1 Å². The molecule has 1 amide bonds. The molecule has 11 heteroatoms. The molecule has 0 radical (unpaired) electrons. The van der Waals surface area contributed by atoms with Gasteiger partial charge in [0.15, 0.2) is 18.2 Å². The number of ether oxygens (including phenoxy) is 2. The topological polar surface area (TPSA) is 131 Å². The Kier molecular flexibility index (Phi) is 8.09. The molecule has 4 aliphatic rings. The fourth-order valence-electron chi connectivity index (χ4n) is 8.51. The van der Waals surface area contributed by atoms with Crippen LogP contribution >= 0.6 is 0 Å². The van der Waals surface area contributed by atoms with E-state index in [0.717, 1.165) is 12.8 Å². The first-order chi connectivity index (χ1) is 19.8. The van der Waals surface area contributed by atoms with Gasteiger partial charge in [-0.3, -0.25) is 9.59 Å². The summed E-state index contributed by atoms with van der Waals surface area (Å²) in [5.41, 5.74) is -1.66. The van der Waals surface area contributed by atoms with Crippen molar-refractivity contribution in [2.75, 3.05) is 13.7 Å². The van der Waals surface area contributed by atoms with Crippen molar-refractivity contribution in [2.45, 2.75) is 78.6 Å². The van der Waals surface area contributed by atoms with Crippen LogP contribution in [-0.4, -0.2) is 60.8 Å². The Hall–Kier alpha value is -2.76. The lowest BCUT2D eigenvalue weighted by atomic mass is 9.44. The lowest BCUT2D eigenvalue weighted by Gasteiger charge is -2.61. The number of aliphatic hydroxyl groups excluding tert-OH is 1. The summed E-state index contributed by atoms with van der Waals surface area (Å²) in [5, 5.41) is 24.4. The van der Waals surface area contributed by atoms with Gasteiger partial charge in [0.1, 0.15) is 11.9 Å². The standard InChI is InChI=1S/C31H41BFNO8/c1-17-8-12-31-13-9-20(35)27(31)30(17,4)22(14-29(3,28(38)18(31)2)11-10-23(36)34-5)42-24(37)16-40-21-7-6-19-15-41-32(39)25(19)26(21)33/h6-7,10-11,17-18,22,27-28,38-39H,8-9,12-16H2,1-5H3,(H,34,36)/b11-10+/t17-,18-,22+,27-,28-,29+,30-,31-/m0/s1. The Labute approximate surface area is 246 Å². The zero-order valence-corrected chi connectivity index (χ0v) is 24.9. The molecule has 3 fully saturated rings. The number of hydrogen-bond donors (Lipinski definition) is 3. The molecule has 8 atom stereocenters. The molecule has 5 rings (SSSR count). The van der Waals surface area contributed by atoms with Gasteiger partial charge in [-0.25, -0.2) is 9.18 Å². The lowest BCUT2D eigenvalue weighted by molar-refractivity contribution is -0.207. The normalized spacial score (nSPS) is 37.6. The van der Waals surface area contributed by atoms with E-state index in [2.05, 4.69) is 12.2 Å². The summed E-state index contributed by atoms with van der Waals surface area (Å²) in [6.45, 7) is 7.45. The maximum Gasteiger partial charge on any atom is 0.494 e. The number of aliphatic hydroxyl groups is 1. The first-order valence-electron chi connectivity index (χ1n) is 14.8. The van der Waals surface area contributed by atoms with Gasteiger partial charge < -0.3 is 29.6 Å². The van der Waals surface area contributed by atoms with Crippen LogP contribution in [0, 0.1) is 39.8 Å². The average molecular weight is 585 g/mol. The monoisotopic (exact) mass is 585 g/mol. The molecule has 1 aromatic rings. The van der Waals surface area contributed by atoms with Crippen molar-refractivity contribution in [3.63, 3.8) is 0 Å². The molecule has 1 aromatic carbocycles. The average Bonchev–Trinajstić information content (AvgIpc) is 3.52. The van der Waals surface area contributed by atoms with Crippen molar-refractivity contribution in [3.8, 4) is 5.75 Å². The minimum Gasteiger partial charge on any atom is -0.479 e. The van der Waals surface area contributed by atoms with E-state index in [4.69, 9.17) is 14.1 Å².